The summed E-state index contributed by atoms with van der Waals surface area (Å²) in [6.07, 6.45) is 16.1. The van der Waals surface area contributed by atoms with Crippen molar-refractivity contribution in [2.45, 2.75) is 240 Å². The van der Waals surface area contributed by atoms with Crippen LogP contribution in [0.1, 0.15) is 136 Å². The molecule has 0 aromatic heterocycles. The van der Waals surface area contributed by atoms with Gasteiger partial charge in [0.05, 0.1) is 38.6 Å². The third-order valence-corrected chi connectivity index (χ3v) is 13.2. The predicted molar refractivity (Wildman–Crippen MR) is 277 cm³/mol. The number of ether oxygens (including phenoxy) is 6. The van der Waals surface area contributed by atoms with E-state index in [1.807, 2.05) is 6.08 Å². The molecule has 74 heavy (non-hydrogen) atoms. The molecule has 0 aliphatic carbocycles. The second kappa shape index (κ2) is 38.7. The Hall–Kier alpha value is -2.77. The smallest absolute Gasteiger partial charge is 0.220 e. The largest absolute Gasteiger partial charge is 0.394 e. The second-order valence-electron chi connectivity index (χ2n) is 19.3. The lowest BCUT2D eigenvalue weighted by atomic mass is 9.96. The lowest BCUT2D eigenvalue weighted by Gasteiger charge is -2.48. The van der Waals surface area contributed by atoms with Gasteiger partial charge in [0.25, 0.3) is 0 Å². The van der Waals surface area contributed by atoms with Crippen LogP contribution in [0.3, 0.4) is 0 Å². The van der Waals surface area contributed by atoms with Gasteiger partial charge in [0.1, 0.15) is 73.2 Å². The van der Waals surface area contributed by atoms with Crippen LogP contribution in [-0.2, 0) is 33.2 Å². The average Bonchev–Trinajstić information content (AvgIpc) is 3.40. The molecule has 3 saturated heterocycles. The topological polar surface area (TPSA) is 307 Å². The molecule has 3 aliphatic heterocycles. The minimum Gasteiger partial charge on any atom is -0.394 e. The Kier molecular flexibility index (Phi) is 34.3. The highest BCUT2D eigenvalue weighted by molar-refractivity contribution is 5.76. The van der Waals surface area contributed by atoms with E-state index in [1.165, 1.54) is 25.7 Å². The summed E-state index contributed by atoms with van der Waals surface area (Å²) in [5, 5.41) is 120. The highest BCUT2D eigenvalue weighted by Crippen LogP contribution is 2.33. The maximum absolute atomic E-state index is 13.2. The summed E-state index contributed by atoms with van der Waals surface area (Å²) in [5.41, 5.74) is 0. The highest BCUT2D eigenvalue weighted by Gasteiger charge is 2.53. The Morgan fingerprint density at radius 1 is 0.500 bits per heavy atom. The highest BCUT2D eigenvalue weighted by atomic mass is 16.8. The normalized spacial score (nSPS) is 32.0. The van der Waals surface area contributed by atoms with E-state index in [2.05, 4.69) is 79.9 Å². The molecular weight excluding hydrogens is 963 g/mol. The zero-order valence-corrected chi connectivity index (χ0v) is 43.8. The molecule has 3 fully saturated rings. The van der Waals surface area contributed by atoms with Gasteiger partial charge in [-0.05, 0) is 77.0 Å². The first-order valence-electron chi connectivity index (χ1n) is 27.2. The van der Waals surface area contributed by atoms with Gasteiger partial charge in [-0.15, -0.1) is 0 Å². The number of aliphatic hydroxyl groups is 11. The second-order valence-corrected chi connectivity index (χ2v) is 19.3. The van der Waals surface area contributed by atoms with E-state index in [0.29, 0.717) is 12.8 Å². The van der Waals surface area contributed by atoms with Gasteiger partial charge in [-0.1, -0.05) is 125 Å². The van der Waals surface area contributed by atoms with Gasteiger partial charge in [0, 0.05) is 6.42 Å². The van der Waals surface area contributed by atoms with Gasteiger partial charge < -0.3 is 89.9 Å². The summed E-state index contributed by atoms with van der Waals surface area (Å²) in [6, 6.07) is -1.01. The molecular formula is C55H93NO18. The van der Waals surface area contributed by atoms with Gasteiger partial charge in [-0.3, -0.25) is 4.79 Å². The van der Waals surface area contributed by atoms with Crippen molar-refractivity contribution >= 4 is 5.91 Å². The SMILES string of the molecule is CC/C=C\C/C=C\C/C=C\CCCCCCCC(=O)NC(COC1OC(CO)C(OC2OC(CO)C(OC3OC(CO)C(O)C(O)C3O)C(O)C2O)C(O)C1O)C(O)/C=C/CC/C=C/CC/C=C/CCCCCC. The van der Waals surface area contributed by atoms with Gasteiger partial charge in [0.2, 0.25) is 5.91 Å². The lowest BCUT2D eigenvalue weighted by Crippen LogP contribution is -2.66. The van der Waals surface area contributed by atoms with Crippen molar-refractivity contribution < 1.29 is 89.4 Å². The number of amides is 1. The summed E-state index contributed by atoms with van der Waals surface area (Å²) >= 11 is 0. The molecule has 3 aliphatic rings. The molecule has 0 radical (unpaired) electrons. The number of carbonyl (C=O) groups is 1. The van der Waals surface area contributed by atoms with E-state index in [0.717, 1.165) is 77.0 Å². The average molecular weight is 1060 g/mol. The fraction of sp³-hybridized carbons (Fsp3) is 0.764. The van der Waals surface area contributed by atoms with Crippen LogP contribution in [0.5, 0.6) is 0 Å². The molecule has 3 heterocycles. The Balaban J connectivity index is 1.57. The van der Waals surface area contributed by atoms with E-state index in [-0.39, 0.29) is 18.9 Å². The van der Waals surface area contributed by atoms with Crippen LogP contribution in [0.15, 0.2) is 72.9 Å². The lowest BCUT2D eigenvalue weighted by molar-refractivity contribution is -0.379. The van der Waals surface area contributed by atoms with Crippen LogP contribution in [-0.4, -0.2) is 193 Å². The first kappa shape index (κ1) is 65.5. The fourth-order valence-corrected chi connectivity index (χ4v) is 8.70. The van der Waals surface area contributed by atoms with Crippen LogP contribution < -0.4 is 5.32 Å². The summed E-state index contributed by atoms with van der Waals surface area (Å²) in [4.78, 5) is 13.2. The first-order chi connectivity index (χ1) is 35.8. The van der Waals surface area contributed by atoms with Gasteiger partial charge >= 0.3 is 0 Å². The Labute approximate surface area is 438 Å². The maximum atomic E-state index is 13.2. The molecule has 3 rings (SSSR count). The van der Waals surface area contributed by atoms with E-state index in [4.69, 9.17) is 28.4 Å². The third-order valence-electron chi connectivity index (χ3n) is 13.2. The molecule has 1 amide bonds. The molecule has 17 atom stereocenters. The van der Waals surface area contributed by atoms with Crippen molar-refractivity contribution in [1.29, 1.82) is 0 Å². The molecule has 0 aromatic rings. The van der Waals surface area contributed by atoms with E-state index < -0.39 is 124 Å². The minimum absolute atomic E-state index is 0.208. The summed E-state index contributed by atoms with van der Waals surface area (Å²) in [6.45, 7) is 1.50. The fourth-order valence-electron chi connectivity index (χ4n) is 8.70. The van der Waals surface area contributed by atoms with Gasteiger partial charge in [0.15, 0.2) is 18.9 Å². The minimum atomic E-state index is -1.99. The molecule has 0 saturated carbocycles. The number of rotatable bonds is 37. The van der Waals surface area contributed by atoms with E-state index in [1.54, 1.807) is 6.08 Å². The molecule has 0 aromatic carbocycles. The molecule has 19 nitrogen and oxygen atoms in total. The number of nitrogens with one attached hydrogen (secondary N) is 1. The van der Waals surface area contributed by atoms with Crippen LogP contribution in [0.4, 0.5) is 0 Å². The van der Waals surface area contributed by atoms with Crippen molar-refractivity contribution in [3.63, 3.8) is 0 Å². The molecule has 19 heteroatoms. The number of unbranched alkanes of at least 4 members (excludes halogenated alkanes) is 11. The first-order valence-corrected chi connectivity index (χ1v) is 27.2. The Morgan fingerprint density at radius 2 is 0.946 bits per heavy atom. The van der Waals surface area contributed by atoms with E-state index in [9.17, 15) is 61.0 Å². The standard InChI is InChI=1S/C55H93NO18/c1-3-5-7-9-11-13-15-17-19-21-23-25-27-29-31-33-43(61)56-38(39(60)32-30-28-26-24-22-20-18-16-14-12-10-8-6-4-2)37-69-53-49(67)46(64)51(41(35-58)71-53)74-55-50(68)47(65)52(42(36-59)72-55)73-54-48(66)45(63)44(62)40(34-57)70-54/h5,7,11,13-14,16-17,19,22,24,30,32,38-42,44-55,57-60,62-68H,3-4,6,8-10,12,15,18,20-21,23,25-29,31,33-37H2,1-2H3,(H,56,61)/b7-5-,13-11-,16-14+,19-17-,24-22+,32-30+. The van der Waals surface area contributed by atoms with Crippen molar-refractivity contribution in [3.05, 3.63) is 72.9 Å². The number of carbonyl (C=O) groups excluding carboxylic acids is 1. The van der Waals surface area contributed by atoms with Crippen molar-refractivity contribution in [2.75, 3.05) is 26.4 Å². The number of hydrogen-bond donors (Lipinski definition) is 12. The number of aliphatic hydroxyl groups excluding tert-OH is 11. The molecule has 0 bridgehead atoms. The van der Waals surface area contributed by atoms with Crippen molar-refractivity contribution in [1.82, 2.24) is 5.32 Å². The Bertz CT molecular complexity index is 1640. The predicted octanol–water partition coefficient (Wildman–Crippen LogP) is 3.09. The monoisotopic (exact) mass is 1060 g/mol. The maximum Gasteiger partial charge on any atom is 0.220 e. The van der Waals surface area contributed by atoms with Gasteiger partial charge in [-0.2, -0.15) is 0 Å². The van der Waals surface area contributed by atoms with Gasteiger partial charge in [-0.25, -0.2) is 0 Å². The molecule has 426 valence electrons. The van der Waals surface area contributed by atoms with Crippen LogP contribution in [0.2, 0.25) is 0 Å². The number of allylic oxidation sites excluding steroid dienone is 11. The van der Waals surface area contributed by atoms with Crippen LogP contribution in [0, 0.1) is 0 Å². The van der Waals surface area contributed by atoms with Crippen LogP contribution in [0.25, 0.3) is 0 Å². The third kappa shape index (κ3) is 23.5. The summed E-state index contributed by atoms with van der Waals surface area (Å²) in [7, 11) is 0. The molecule has 12 N–H and O–H groups in total. The Morgan fingerprint density at radius 3 is 1.51 bits per heavy atom. The quantitative estimate of drug-likeness (QED) is 0.0314. The van der Waals surface area contributed by atoms with E-state index >= 15 is 0 Å². The summed E-state index contributed by atoms with van der Waals surface area (Å²) in [5.74, 6) is -0.313. The summed E-state index contributed by atoms with van der Waals surface area (Å²) < 4.78 is 34.1. The van der Waals surface area contributed by atoms with Crippen molar-refractivity contribution in [3.8, 4) is 0 Å². The zero-order valence-electron chi connectivity index (χ0n) is 43.8. The van der Waals surface area contributed by atoms with Crippen molar-refractivity contribution in [2.24, 2.45) is 0 Å². The molecule has 17 unspecified atom stereocenters. The zero-order chi connectivity index (χ0) is 54.1. The van der Waals surface area contributed by atoms with Crippen LogP contribution >= 0.6 is 0 Å². The molecule has 0 spiro atoms. The number of hydrogen-bond acceptors (Lipinski definition) is 18.